The molecule has 1 atom stereocenters. The second-order valence-electron chi connectivity index (χ2n) is 4.85. The van der Waals surface area contributed by atoms with Crippen molar-refractivity contribution in [3.05, 3.63) is 60.7 Å². The van der Waals surface area contributed by atoms with Crippen LogP contribution in [0.4, 0.5) is 0 Å². The van der Waals surface area contributed by atoms with Crippen molar-refractivity contribution in [3.8, 4) is 0 Å². The van der Waals surface area contributed by atoms with Crippen LogP contribution in [-0.4, -0.2) is 25.5 Å². The number of rotatable bonds is 7. The lowest BCUT2D eigenvalue weighted by atomic mass is 10.1. The molecule has 1 N–H and O–H groups in total. The third-order valence-corrected chi connectivity index (χ3v) is 3.85. The summed E-state index contributed by atoms with van der Waals surface area (Å²) in [7, 11) is -4.09. The molecule has 1 aromatic carbocycles. The Morgan fingerprint density at radius 1 is 1.35 bits per heavy atom. The largest absolute Gasteiger partial charge is 0.462 e. The normalized spacial score (nSPS) is 11.6. The van der Waals surface area contributed by atoms with Gasteiger partial charge in [0.05, 0.1) is 6.61 Å². The molecule has 1 rings (SSSR count). The van der Waals surface area contributed by atoms with Gasteiger partial charge in [-0.1, -0.05) is 56.3 Å². The van der Waals surface area contributed by atoms with Crippen LogP contribution in [0.3, 0.4) is 0 Å². The van der Waals surface area contributed by atoms with Crippen LogP contribution in [0.25, 0.3) is 0 Å². The maximum absolute atomic E-state index is 10.8. The number of carbonyl (C=O) groups is 1. The highest BCUT2D eigenvalue weighted by atomic mass is 32.2. The van der Waals surface area contributed by atoms with E-state index in [9.17, 15) is 13.2 Å². The molecule has 0 aliphatic heterocycles. The minimum atomic E-state index is -4.09. The third kappa shape index (κ3) is 8.95. The van der Waals surface area contributed by atoms with Crippen LogP contribution in [0.5, 0.6) is 0 Å². The van der Waals surface area contributed by atoms with Crippen LogP contribution < -0.4 is 0 Å². The number of ether oxygens (including phenoxy) is 1. The van der Waals surface area contributed by atoms with Gasteiger partial charge in [-0.15, -0.1) is 6.58 Å². The van der Waals surface area contributed by atoms with Gasteiger partial charge in [0.25, 0.3) is 10.1 Å². The van der Waals surface area contributed by atoms with Crippen LogP contribution in [0.2, 0.25) is 0 Å². The van der Waals surface area contributed by atoms with Crippen molar-refractivity contribution in [3.63, 3.8) is 0 Å². The Balaban J connectivity index is 0.000000438. The summed E-state index contributed by atoms with van der Waals surface area (Å²) >= 11 is 0. The molecule has 0 aliphatic rings. The Morgan fingerprint density at radius 2 is 1.91 bits per heavy atom. The minimum absolute atomic E-state index is 0.284. The van der Waals surface area contributed by atoms with E-state index in [-0.39, 0.29) is 5.97 Å². The molecule has 0 radical (unpaired) electrons. The van der Waals surface area contributed by atoms with E-state index in [0.717, 1.165) is 12.8 Å². The molecule has 128 valence electrons. The molecular formula is C17H24O5S. The zero-order chi connectivity index (χ0) is 17.9. The number of benzene rings is 1. The van der Waals surface area contributed by atoms with Crippen molar-refractivity contribution in [2.24, 2.45) is 0 Å². The van der Waals surface area contributed by atoms with Gasteiger partial charge in [-0.25, -0.2) is 4.79 Å². The zero-order valence-electron chi connectivity index (χ0n) is 13.6. The van der Waals surface area contributed by atoms with E-state index >= 15 is 0 Å². The molecular weight excluding hydrogens is 316 g/mol. The minimum Gasteiger partial charge on any atom is -0.462 e. The first-order valence-corrected chi connectivity index (χ1v) is 8.70. The van der Waals surface area contributed by atoms with Crippen molar-refractivity contribution in [2.45, 2.75) is 31.9 Å². The monoisotopic (exact) mass is 340 g/mol. The third-order valence-electron chi connectivity index (χ3n) is 2.74. The summed E-state index contributed by atoms with van der Waals surface area (Å²) in [5.41, 5.74) is 0.983. The smallest absolute Gasteiger partial charge is 0.333 e. The first kappa shape index (κ1) is 21.1. The Bertz CT molecular complexity index is 605. The lowest BCUT2D eigenvalue weighted by Crippen LogP contribution is -2.09. The average molecular weight is 340 g/mol. The quantitative estimate of drug-likeness (QED) is 0.269. The van der Waals surface area contributed by atoms with Crippen molar-refractivity contribution in [1.29, 1.82) is 0 Å². The average Bonchev–Trinajstić information content (AvgIpc) is 2.48. The Labute approximate surface area is 138 Å². The second kappa shape index (κ2) is 10.7. The number of esters is 1. The molecule has 0 fully saturated rings. The fraction of sp³-hybridized carbons (Fsp3) is 0.353. The Kier molecular flexibility index (Phi) is 9.85. The Morgan fingerprint density at radius 3 is 2.30 bits per heavy atom. The van der Waals surface area contributed by atoms with Gasteiger partial charge in [0.2, 0.25) is 0 Å². The number of hydrogen-bond donors (Lipinski definition) is 1. The zero-order valence-corrected chi connectivity index (χ0v) is 14.4. The van der Waals surface area contributed by atoms with E-state index in [1.807, 2.05) is 0 Å². The lowest BCUT2D eigenvalue weighted by molar-refractivity contribution is -0.139. The summed E-state index contributed by atoms with van der Waals surface area (Å²) in [5.74, 6) is -0.284. The van der Waals surface area contributed by atoms with Gasteiger partial charge in [0.15, 0.2) is 0 Å². The van der Waals surface area contributed by atoms with Gasteiger partial charge in [0, 0.05) is 5.57 Å². The van der Waals surface area contributed by atoms with Crippen LogP contribution in [0, 0.1) is 0 Å². The molecule has 0 bridgehead atoms. The molecule has 0 saturated heterocycles. The standard InChI is InChI=1S/C9H10O3S.C8H14O2/c1-2-9(13(10,11)12)8-6-4-3-5-7-8;1-4-5-6-10-8(9)7(2)3/h2-7,9H,1H2,(H,10,11,12);2,4-6H2,1,3H3. The lowest BCUT2D eigenvalue weighted by Gasteiger charge is -2.08. The van der Waals surface area contributed by atoms with Gasteiger partial charge < -0.3 is 4.74 Å². The fourth-order valence-corrected chi connectivity index (χ4v) is 2.25. The van der Waals surface area contributed by atoms with Gasteiger partial charge in [-0.2, -0.15) is 8.42 Å². The summed E-state index contributed by atoms with van der Waals surface area (Å²) in [4.78, 5) is 10.7. The van der Waals surface area contributed by atoms with Gasteiger partial charge in [-0.05, 0) is 18.9 Å². The van der Waals surface area contributed by atoms with Gasteiger partial charge in [-0.3, -0.25) is 4.55 Å². The van der Waals surface area contributed by atoms with Gasteiger partial charge in [0.1, 0.15) is 5.25 Å². The number of unbranched alkanes of at least 4 members (excludes halogenated alkanes) is 1. The molecule has 0 aliphatic carbocycles. The van der Waals surface area contributed by atoms with Crippen molar-refractivity contribution >= 4 is 16.1 Å². The molecule has 5 nitrogen and oxygen atoms in total. The number of hydrogen-bond acceptors (Lipinski definition) is 4. The molecule has 0 amide bonds. The Hall–Kier alpha value is -1.92. The summed E-state index contributed by atoms with van der Waals surface area (Å²) < 4.78 is 35.3. The summed E-state index contributed by atoms with van der Waals surface area (Å²) in [6, 6.07) is 8.43. The van der Waals surface area contributed by atoms with Crippen LogP contribution in [0.15, 0.2) is 55.1 Å². The van der Waals surface area contributed by atoms with E-state index in [0.29, 0.717) is 17.7 Å². The van der Waals surface area contributed by atoms with Crippen molar-refractivity contribution in [2.75, 3.05) is 6.61 Å². The van der Waals surface area contributed by atoms with Gasteiger partial charge >= 0.3 is 5.97 Å². The van der Waals surface area contributed by atoms with Crippen LogP contribution >= 0.6 is 0 Å². The highest BCUT2D eigenvalue weighted by Crippen LogP contribution is 2.21. The van der Waals surface area contributed by atoms with E-state index in [4.69, 9.17) is 9.29 Å². The first-order valence-electron chi connectivity index (χ1n) is 7.20. The molecule has 6 heteroatoms. The second-order valence-corrected chi connectivity index (χ2v) is 6.39. The highest BCUT2D eigenvalue weighted by Gasteiger charge is 2.20. The fourth-order valence-electron chi connectivity index (χ4n) is 1.50. The van der Waals surface area contributed by atoms with Crippen molar-refractivity contribution in [1.82, 2.24) is 0 Å². The predicted molar refractivity (Wildman–Crippen MR) is 91.6 cm³/mol. The molecule has 1 unspecified atom stereocenters. The molecule has 0 spiro atoms. The molecule has 0 saturated carbocycles. The maximum Gasteiger partial charge on any atom is 0.333 e. The SMILES string of the molecule is C=C(C)C(=O)OCCCC.C=CC(c1ccccc1)S(=O)(=O)O. The summed E-state index contributed by atoms with van der Waals surface area (Å²) in [6.45, 7) is 11.0. The van der Waals surface area contributed by atoms with Crippen LogP contribution in [0.1, 0.15) is 37.5 Å². The summed E-state index contributed by atoms with van der Waals surface area (Å²) in [6.07, 6.45) is 3.17. The molecule has 0 aromatic heterocycles. The van der Waals surface area contributed by atoms with Crippen LogP contribution in [-0.2, 0) is 19.6 Å². The predicted octanol–water partition coefficient (Wildman–Crippen LogP) is 3.71. The van der Waals surface area contributed by atoms with E-state index in [2.05, 4.69) is 20.1 Å². The number of carbonyl (C=O) groups excluding carboxylic acids is 1. The van der Waals surface area contributed by atoms with E-state index < -0.39 is 15.4 Å². The maximum atomic E-state index is 10.8. The molecule has 0 heterocycles. The summed E-state index contributed by atoms with van der Waals surface area (Å²) in [5, 5.41) is -1.03. The molecule has 1 aromatic rings. The highest BCUT2D eigenvalue weighted by molar-refractivity contribution is 7.86. The molecule has 23 heavy (non-hydrogen) atoms. The topological polar surface area (TPSA) is 80.7 Å². The first-order chi connectivity index (χ1) is 10.7. The van der Waals surface area contributed by atoms with E-state index in [1.165, 1.54) is 6.08 Å². The van der Waals surface area contributed by atoms with Crippen molar-refractivity contribution < 1.29 is 22.5 Å². The van der Waals surface area contributed by atoms with E-state index in [1.54, 1.807) is 37.3 Å².